The highest BCUT2D eigenvalue weighted by molar-refractivity contribution is 7.20. The van der Waals surface area contributed by atoms with Crippen molar-refractivity contribution in [3.8, 4) is 0 Å². The smallest absolute Gasteiger partial charge is 0.261 e. The van der Waals surface area contributed by atoms with Gasteiger partial charge in [-0.2, -0.15) is 0 Å². The molecule has 4 rings (SSSR count). The standard InChI is InChI=1S/C21H29N3O3S/c25-11-9-22-20(26)19-18(16-7-4-8-23-21(16)28-19)17-14-24(10-12-27-17)13-15-5-2-1-3-6-15/h4,7-8,15,17,25H,1-3,5-6,9-14H2,(H,22,26). The molecule has 1 amide bonds. The second kappa shape index (κ2) is 9.31. The van der Waals surface area contributed by atoms with E-state index in [1.165, 1.54) is 43.4 Å². The summed E-state index contributed by atoms with van der Waals surface area (Å²) in [5.74, 6) is 0.640. The fourth-order valence-corrected chi connectivity index (χ4v) is 5.58. The van der Waals surface area contributed by atoms with Crippen molar-refractivity contribution in [3.63, 3.8) is 0 Å². The minimum atomic E-state index is -0.153. The summed E-state index contributed by atoms with van der Waals surface area (Å²) < 4.78 is 6.15. The first-order chi connectivity index (χ1) is 13.8. The van der Waals surface area contributed by atoms with E-state index in [2.05, 4.69) is 15.2 Å². The monoisotopic (exact) mass is 403 g/mol. The molecular weight excluding hydrogens is 374 g/mol. The normalized spacial score (nSPS) is 21.8. The Kier molecular flexibility index (Phi) is 6.57. The van der Waals surface area contributed by atoms with Crippen LogP contribution in [0.3, 0.4) is 0 Å². The number of ether oxygens (including phenoxy) is 1. The molecular formula is C21H29N3O3S. The first-order valence-electron chi connectivity index (χ1n) is 10.4. The van der Waals surface area contributed by atoms with Gasteiger partial charge in [-0.15, -0.1) is 11.3 Å². The maximum Gasteiger partial charge on any atom is 0.261 e. The van der Waals surface area contributed by atoms with Gasteiger partial charge in [0.05, 0.1) is 19.3 Å². The van der Waals surface area contributed by atoms with Crippen molar-refractivity contribution in [1.82, 2.24) is 15.2 Å². The number of aliphatic hydroxyl groups excluding tert-OH is 1. The van der Waals surface area contributed by atoms with Crippen LogP contribution in [-0.4, -0.2) is 60.3 Å². The van der Waals surface area contributed by atoms with Crippen molar-refractivity contribution >= 4 is 27.5 Å². The minimum absolute atomic E-state index is 0.0701. The number of hydrogen-bond donors (Lipinski definition) is 2. The molecule has 0 radical (unpaired) electrons. The highest BCUT2D eigenvalue weighted by Gasteiger charge is 2.31. The molecule has 2 fully saturated rings. The lowest BCUT2D eigenvalue weighted by Crippen LogP contribution is -2.41. The van der Waals surface area contributed by atoms with Crippen LogP contribution in [0.1, 0.15) is 53.4 Å². The van der Waals surface area contributed by atoms with Crippen LogP contribution in [0.25, 0.3) is 10.2 Å². The number of hydrogen-bond acceptors (Lipinski definition) is 6. The predicted molar refractivity (Wildman–Crippen MR) is 111 cm³/mol. The SMILES string of the molecule is O=C(NCCO)c1sc2ncccc2c1C1CN(CC2CCCCC2)CCO1. The molecule has 2 aromatic rings. The van der Waals surface area contributed by atoms with Gasteiger partial charge in [-0.25, -0.2) is 4.98 Å². The maximum atomic E-state index is 12.7. The summed E-state index contributed by atoms with van der Waals surface area (Å²) in [5.41, 5.74) is 0.955. The van der Waals surface area contributed by atoms with E-state index in [1.54, 1.807) is 6.20 Å². The van der Waals surface area contributed by atoms with E-state index >= 15 is 0 Å². The molecule has 1 aliphatic heterocycles. The van der Waals surface area contributed by atoms with Gasteiger partial charge in [-0.3, -0.25) is 9.69 Å². The van der Waals surface area contributed by atoms with Gasteiger partial charge in [0.15, 0.2) is 0 Å². The van der Waals surface area contributed by atoms with Crippen LogP contribution < -0.4 is 5.32 Å². The van der Waals surface area contributed by atoms with Crippen LogP contribution in [-0.2, 0) is 4.74 Å². The number of thiophene rings is 1. The van der Waals surface area contributed by atoms with Crippen LogP contribution in [0, 0.1) is 5.92 Å². The maximum absolute atomic E-state index is 12.7. The second-order valence-corrected chi connectivity index (χ2v) is 8.80. The molecule has 3 heterocycles. The summed E-state index contributed by atoms with van der Waals surface area (Å²) in [6, 6.07) is 3.94. The number of aromatic nitrogens is 1. The van der Waals surface area contributed by atoms with Gasteiger partial charge < -0.3 is 15.2 Å². The highest BCUT2D eigenvalue weighted by atomic mass is 32.1. The lowest BCUT2D eigenvalue weighted by atomic mass is 9.88. The molecule has 7 heteroatoms. The Bertz CT molecular complexity index is 803. The van der Waals surface area contributed by atoms with Crippen molar-refractivity contribution < 1.29 is 14.6 Å². The van der Waals surface area contributed by atoms with Crippen LogP contribution >= 0.6 is 11.3 Å². The van der Waals surface area contributed by atoms with E-state index in [0.29, 0.717) is 11.5 Å². The first-order valence-corrected chi connectivity index (χ1v) is 11.2. The minimum Gasteiger partial charge on any atom is -0.395 e. The fraction of sp³-hybridized carbons (Fsp3) is 0.619. The Balaban J connectivity index is 1.57. The number of aliphatic hydroxyl groups is 1. The van der Waals surface area contributed by atoms with E-state index in [9.17, 15) is 4.79 Å². The van der Waals surface area contributed by atoms with E-state index in [-0.39, 0.29) is 25.2 Å². The Morgan fingerprint density at radius 1 is 1.36 bits per heavy atom. The van der Waals surface area contributed by atoms with Gasteiger partial charge in [-0.05, 0) is 24.8 Å². The van der Waals surface area contributed by atoms with Crippen LogP contribution in [0.4, 0.5) is 0 Å². The molecule has 2 N–H and O–H groups in total. The van der Waals surface area contributed by atoms with Gasteiger partial charge in [0.25, 0.3) is 5.91 Å². The zero-order valence-corrected chi connectivity index (χ0v) is 17.0. The van der Waals surface area contributed by atoms with E-state index in [4.69, 9.17) is 9.84 Å². The number of carbonyl (C=O) groups is 1. The molecule has 1 unspecified atom stereocenters. The van der Waals surface area contributed by atoms with Gasteiger partial charge in [0, 0.05) is 43.3 Å². The zero-order valence-electron chi connectivity index (χ0n) is 16.2. The number of rotatable bonds is 6. The topological polar surface area (TPSA) is 74.7 Å². The summed E-state index contributed by atoms with van der Waals surface area (Å²) >= 11 is 1.41. The van der Waals surface area contributed by atoms with E-state index in [1.807, 2.05) is 12.1 Å². The van der Waals surface area contributed by atoms with Gasteiger partial charge in [0.1, 0.15) is 9.71 Å². The summed E-state index contributed by atoms with van der Waals surface area (Å²) in [5, 5.41) is 12.9. The molecule has 6 nitrogen and oxygen atoms in total. The molecule has 152 valence electrons. The molecule has 28 heavy (non-hydrogen) atoms. The Labute approximate surface area is 169 Å². The number of fused-ring (bicyclic) bond motifs is 1. The fourth-order valence-electron chi connectivity index (χ4n) is 4.47. The van der Waals surface area contributed by atoms with Crippen LogP contribution in [0.5, 0.6) is 0 Å². The third kappa shape index (κ3) is 4.38. The molecule has 1 saturated heterocycles. The molecule has 0 spiro atoms. The Morgan fingerprint density at radius 3 is 3.04 bits per heavy atom. The van der Waals surface area contributed by atoms with Crippen molar-refractivity contribution in [3.05, 3.63) is 28.8 Å². The number of pyridine rings is 1. The highest BCUT2D eigenvalue weighted by Crippen LogP contribution is 2.37. The van der Waals surface area contributed by atoms with Crippen molar-refractivity contribution in [2.24, 2.45) is 5.92 Å². The quantitative estimate of drug-likeness (QED) is 0.776. The molecule has 0 bridgehead atoms. The van der Waals surface area contributed by atoms with E-state index in [0.717, 1.165) is 41.3 Å². The van der Waals surface area contributed by atoms with Crippen LogP contribution in [0.2, 0.25) is 0 Å². The number of nitrogens with zero attached hydrogens (tertiary/aromatic N) is 2. The summed E-state index contributed by atoms with van der Waals surface area (Å²) in [6.45, 7) is 3.77. The molecule has 1 aliphatic carbocycles. The average molecular weight is 404 g/mol. The average Bonchev–Trinajstić information content (AvgIpc) is 3.13. The molecule has 2 aliphatic rings. The van der Waals surface area contributed by atoms with Gasteiger partial charge in [-0.1, -0.05) is 25.3 Å². The third-order valence-corrected chi connectivity index (χ3v) is 6.95. The Morgan fingerprint density at radius 2 is 2.21 bits per heavy atom. The first kappa shape index (κ1) is 19.8. The number of nitrogens with one attached hydrogen (secondary N) is 1. The lowest BCUT2D eigenvalue weighted by molar-refractivity contribution is -0.0353. The molecule has 0 aromatic carbocycles. The molecule has 1 saturated carbocycles. The van der Waals surface area contributed by atoms with E-state index < -0.39 is 0 Å². The number of morpholine rings is 1. The predicted octanol–water partition coefficient (Wildman–Crippen LogP) is 2.97. The second-order valence-electron chi connectivity index (χ2n) is 7.80. The Hall–Kier alpha value is -1.54. The van der Waals surface area contributed by atoms with Crippen LogP contribution in [0.15, 0.2) is 18.3 Å². The summed E-state index contributed by atoms with van der Waals surface area (Å²) in [7, 11) is 0. The summed E-state index contributed by atoms with van der Waals surface area (Å²) in [4.78, 5) is 21.2. The molecule has 1 atom stereocenters. The number of carbonyl (C=O) groups excluding carboxylic acids is 1. The lowest BCUT2D eigenvalue weighted by Gasteiger charge is -2.36. The van der Waals surface area contributed by atoms with Crippen molar-refractivity contribution in [2.45, 2.75) is 38.2 Å². The van der Waals surface area contributed by atoms with Crippen molar-refractivity contribution in [1.29, 1.82) is 0 Å². The number of amides is 1. The van der Waals surface area contributed by atoms with Gasteiger partial charge >= 0.3 is 0 Å². The molecule has 2 aromatic heterocycles. The largest absolute Gasteiger partial charge is 0.395 e. The third-order valence-electron chi connectivity index (χ3n) is 5.82. The van der Waals surface area contributed by atoms with Crippen molar-refractivity contribution in [2.75, 3.05) is 39.4 Å². The van der Waals surface area contributed by atoms with Gasteiger partial charge in [0.2, 0.25) is 0 Å². The zero-order chi connectivity index (χ0) is 19.3. The summed E-state index contributed by atoms with van der Waals surface area (Å²) in [6.07, 6.45) is 8.40.